The third-order valence-electron chi connectivity index (χ3n) is 3.66. The molecule has 0 radical (unpaired) electrons. The molecule has 0 atom stereocenters. The molecule has 0 spiro atoms. The van der Waals surface area contributed by atoms with Crippen LogP contribution in [-0.4, -0.2) is 27.0 Å². The number of pyridine rings is 1. The second-order valence-corrected chi connectivity index (χ2v) is 5.48. The first kappa shape index (κ1) is 18.4. The first-order valence-electron chi connectivity index (χ1n) is 8.03. The quantitative estimate of drug-likeness (QED) is 0.731. The first-order chi connectivity index (χ1) is 12.9. The summed E-state index contributed by atoms with van der Waals surface area (Å²) >= 11 is 0. The van der Waals surface area contributed by atoms with Crippen LogP contribution in [0.25, 0.3) is 5.82 Å². The molecule has 0 fully saturated rings. The van der Waals surface area contributed by atoms with Crippen LogP contribution >= 0.6 is 0 Å². The fourth-order valence-corrected chi connectivity index (χ4v) is 2.52. The van der Waals surface area contributed by atoms with Crippen molar-refractivity contribution < 1.29 is 22.7 Å². The third-order valence-corrected chi connectivity index (χ3v) is 3.66. The average molecular weight is 376 g/mol. The van der Waals surface area contributed by atoms with E-state index in [9.17, 15) is 18.0 Å². The van der Waals surface area contributed by atoms with Gasteiger partial charge in [-0.15, -0.1) is 13.2 Å². The lowest BCUT2D eigenvalue weighted by molar-refractivity contribution is -0.274. The number of alkyl halides is 3. The molecule has 0 unspecified atom stereocenters. The van der Waals surface area contributed by atoms with Gasteiger partial charge < -0.3 is 10.1 Å². The molecule has 0 aliphatic carbocycles. The third kappa shape index (κ3) is 4.43. The van der Waals surface area contributed by atoms with E-state index in [1.807, 2.05) is 13.0 Å². The van der Waals surface area contributed by atoms with Crippen molar-refractivity contribution in [2.45, 2.75) is 19.7 Å². The molecule has 2 heterocycles. The Balaban J connectivity index is 1.78. The zero-order chi connectivity index (χ0) is 19.4. The smallest absolute Gasteiger partial charge is 0.406 e. The lowest BCUT2D eigenvalue weighted by atomic mass is 10.2. The van der Waals surface area contributed by atoms with E-state index in [1.165, 1.54) is 18.3 Å². The van der Waals surface area contributed by atoms with E-state index < -0.39 is 12.3 Å². The number of halogens is 3. The summed E-state index contributed by atoms with van der Waals surface area (Å²) in [5, 5.41) is 6.86. The number of ether oxygens (including phenoxy) is 1. The largest absolute Gasteiger partial charge is 0.573 e. The number of amides is 1. The van der Waals surface area contributed by atoms with Crippen molar-refractivity contribution in [3.63, 3.8) is 0 Å². The van der Waals surface area contributed by atoms with Crippen LogP contribution < -0.4 is 10.1 Å². The van der Waals surface area contributed by atoms with Crippen LogP contribution in [0.5, 0.6) is 5.75 Å². The summed E-state index contributed by atoms with van der Waals surface area (Å²) < 4.78 is 42.0. The van der Waals surface area contributed by atoms with Gasteiger partial charge in [-0.1, -0.05) is 13.0 Å². The van der Waals surface area contributed by atoms with Crippen LogP contribution in [0.2, 0.25) is 0 Å². The molecule has 140 valence electrons. The van der Waals surface area contributed by atoms with Crippen LogP contribution in [0.1, 0.15) is 23.0 Å². The van der Waals surface area contributed by atoms with Crippen molar-refractivity contribution in [1.82, 2.24) is 14.8 Å². The van der Waals surface area contributed by atoms with E-state index >= 15 is 0 Å². The SMILES string of the molecule is CCc1c(C(=O)Nc2ccc(OC(F)(F)F)cc2)cnn1-c1ccccn1. The molecule has 6 nitrogen and oxygen atoms in total. The minimum absolute atomic E-state index is 0.335. The Morgan fingerprint density at radius 2 is 1.93 bits per heavy atom. The number of hydrogen-bond donors (Lipinski definition) is 1. The molecule has 2 aromatic heterocycles. The average Bonchev–Trinajstić information content (AvgIpc) is 3.07. The molecule has 9 heteroatoms. The molecular formula is C18H15F3N4O2. The van der Waals surface area contributed by atoms with Gasteiger partial charge in [-0.2, -0.15) is 5.10 Å². The molecule has 0 aliphatic rings. The minimum Gasteiger partial charge on any atom is -0.406 e. The maximum atomic E-state index is 12.6. The highest BCUT2D eigenvalue weighted by atomic mass is 19.4. The molecule has 27 heavy (non-hydrogen) atoms. The van der Waals surface area contributed by atoms with Crippen LogP contribution in [0, 0.1) is 0 Å². The molecule has 1 amide bonds. The maximum Gasteiger partial charge on any atom is 0.573 e. The summed E-state index contributed by atoms with van der Waals surface area (Å²) in [5.41, 5.74) is 1.36. The molecule has 0 aliphatic heterocycles. The molecule has 1 aromatic carbocycles. The number of hydrogen-bond acceptors (Lipinski definition) is 4. The van der Waals surface area contributed by atoms with Crippen molar-refractivity contribution in [1.29, 1.82) is 0 Å². The topological polar surface area (TPSA) is 69.0 Å². The van der Waals surface area contributed by atoms with E-state index in [-0.39, 0.29) is 5.75 Å². The predicted octanol–water partition coefficient (Wildman–Crippen LogP) is 3.98. The van der Waals surface area contributed by atoms with E-state index in [0.29, 0.717) is 29.2 Å². The van der Waals surface area contributed by atoms with Crippen LogP contribution in [0.15, 0.2) is 54.9 Å². The van der Waals surface area contributed by atoms with Crippen molar-refractivity contribution in [3.05, 3.63) is 66.1 Å². The van der Waals surface area contributed by atoms with Crippen LogP contribution in [0.3, 0.4) is 0 Å². The number of rotatable bonds is 5. The zero-order valence-corrected chi connectivity index (χ0v) is 14.2. The van der Waals surface area contributed by atoms with Crippen molar-refractivity contribution in [2.75, 3.05) is 5.32 Å². The zero-order valence-electron chi connectivity index (χ0n) is 14.2. The van der Waals surface area contributed by atoms with Gasteiger partial charge in [0.2, 0.25) is 0 Å². The van der Waals surface area contributed by atoms with E-state index in [4.69, 9.17) is 0 Å². The van der Waals surface area contributed by atoms with Gasteiger partial charge in [-0.05, 0) is 42.8 Å². The molecule has 0 saturated carbocycles. The van der Waals surface area contributed by atoms with Gasteiger partial charge in [0.15, 0.2) is 5.82 Å². The summed E-state index contributed by atoms with van der Waals surface area (Å²) in [5.74, 6) is -0.196. The van der Waals surface area contributed by atoms with Crippen molar-refractivity contribution in [3.8, 4) is 11.6 Å². The molecule has 1 N–H and O–H groups in total. The number of carbonyl (C=O) groups is 1. The normalized spacial score (nSPS) is 11.3. The number of benzene rings is 1. The molecular weight excluding hydrogens is 361 g/mol. The number of nitrogens with one attached hydrogen (secondary N) is 1. The number of nitrogens with zero attached hydrogens (tertiary/aromatic N) is 3. The van der Waals surface area contributed by atoms with Crippen LogP contribution in [0.4, 0.5) is 18.9 Å². The minimum atomic E-state index is -4.76. The second-order valence-electron chi connectivity index (χ2n) is 5.48. The van der Waals surface area contributed by atoms with Gasteiger partial charge in [-0.3, -0.25) is 4.79 Å². The molecule has 0 bridgehead atoms. The highest BCUT2D eigenvalue weighted by Crippen LogP contribution is 2.24. The summed E-state index contributed by atoms with van der Waals surface area (Å²) in [4.78, 5) is 16.8. The number of aromatic nitrogens is 3. The lowest BCUT2D eigenvalue weighted by Gasteiger charge is -2.10. The first-order valence-corrected chi connectivity index (χ1v) is 8.03. The van der Waals surface area contributed by atoms with Crippen molar-refractivity contribution >= 4 is 11.6 Å². The lowest BCUT2D eigenvalue weighted by Crippen LogP contribution is -2.17. The van der Waals surface area contributed by atoms with Gasteiger partial charge in [0.1, 0.15) is 5.75 Å². The van der Waals surface area contributed by atoms with Gasteiger partial charge >= 0.3 is 6.36 Å². The highest BCUT2D eigenvalue weighted by Gasteiger charge is 2.31. The highest BCUT2D eigenvalue weighted by molar-refractivity contribution is 6.05. The monoisotopic (exact) mass is 376 g/mol. The summed E-state index contributed by atoms with van der Waals surface area (Å²) in [7, 11) is 0. The Morgan fingerprint density at radius 1 is 1.19 bits per heavy atom. The standard InChI is InChI=1S/C18H15F3N4O2/c1-2-15-14(11-23-25(15)16-5-3-4-10-22-16)17(26)24-12-6-8-13(9-7-12)27-18(19,20)21/h3-11H,2H2,1H3,(H,24,26). The van der Waals surface area contributed by atoms with Gasteiger partial charge in [0, 0.05) is 11.9 Å². The Labute approximate surface area is 152 Å². The van der Waals surface area contributed by atoms with E-state index in [1.54, 1.807) is 23.0 Å². The summed E-state index contributed by atoms with van der Waals surface area (Å²) in [6, 6.07) is 10.3. The fourth-order valence-electron chi connectivity index (χ4n) is 2.52. The van der Waals surface area contributed by atoms with Gasteiger partial charge in [-0.25, -0.2) is 9.67 Å². The second kappa shape index (κ2) is 7.48. The van der Waals surface area contributed by atoms with Crippen LogP contribution in [-0.2, 0) is 6.42 Å². The van der Waals surface area contributed by atoms with E-state index in [0.717, 1.165) is 12.1 Å². The Hall–Kier alpha value is -3.36. The number of carbonyl (C=O) groups excluding carboxylic acids is 1. The predicted molar refractivity (Wildman–Crippen MR) is 91.8 cm³/mol. The van der Waals surface area contributed by atoms with Gasteiger partial charge in [0.25, 0.3) is 5.91 Å². The van der Waals surface area contributed by atoms with Gasteiger partial charge in [0.05, 0.1) is 17.5 Å². The molecule has 3 rings (SSSR count). The Morgan fingerprint density at radius 3 is 2.52 bits per heavy atom. The summed E-state index contributed by atoms with van der Waals surface area (Å²) in [6.45, 7) is 1.89. The molecule has 3 aromatic rings. The van der Waals surface area contributed by atoms with E-state index in [2.05, 4.69) is 20.1 Å². The summed E-state index contributed by atoms with van der Waals surface area (Å²) in [6.07, 6.45) is -1.16. The Bertz CT molecular complexity index is 922. The number of anilines is 1. The molecule has 0 saturated heterocycles. The van der Waals surface area contributed by atoms with Crippen molar-refractivity contribution in [2.24, 2.45) is 0 Å². The fraction of sp³-hybridized carbons (Fsp3) is 0.167. The maximum absolute atomic E-state index is 12.6. The Kier molecular flexibility index (Phi) is 5.11.